The maximum Gasteiger partial charge on any atom is 0.347 e. The van der Waals surface area contributed by atoms with Crippen LogP contribution in [0.2, 0.25) is 0 Å². The molecule has 0 aliphatic rings. The molecule has 0 fully saturated rings. The molecule has 3 aromatic carbocycles. The number of rotatable bonds is 8. The number of methoxy groups -OCH3 is 1. The minimum absolute atomic E-state index is 0.0930. The smallest absolute Gasteiger partial charge is 0.347 e. The van der Waals surface area contributed by atoms with E-state index in [4.69, 9.17) is 14.2 Å². The lowest BCUT2D eigenvalue weighted by Gasteiger charge is -2.14. The molecule has 0 spiro atoms. The van der Waals surface area contributed by atoms with Gasteiger partial charge in [-0.2, -0.15) is 0 Å². The topological polar surface area (TPSA) is 73.9 Å². The summed E-state index contributed by atoms with van der Waals surface area (Å²) in [6.45, 7) is 1.72. The number of benzene rings is 3. The van der Waals surface area contributed by atoms with Crippen LogP contribution < -0.4 is 14.8 Å². The average molecular weight is 405 g/mol. The van der Waals surface area contributed by atoms with Crippen LogP contribution in [0, 0.1) is 0 Å². The maximum absolute atomic E-state index is 12.3. The third-order valence-corrected chi connectivity index (χ3v) is 4.33. The monoisotopic (exact) mass is 405 g/mol. The van der Waals surface area contributed by atoms with E-state index in [0.717, 1.165) is 11.3 Å². The standard InChI is InChI=1S/C24H23NO5/c1-17(30-22-14-12-21(28-2)13-15-22)24(27)29-16-18-8-10-19(11-9-18)23(26)25-20-6-4-3-5-7-20/h3-15,17H,16H2,1-2H3,(H,25,26). The van der Waals surface area contributed by atoms with Gasteiger partial charge in [0, 0.05) is 11.3 Å². The van der Waals surface area contributed by atoms with Gasteiger partial charge in [0.05, 0.1) is 7.11 Å². The van der Waals surface area contributed by atoms with E-state index in [1.54, 1.807) is 62.6 Å². The highest BCUT2D eigenvalue weighted by molar-refractivity contribution is 6.04. The molecule has 1 N–H and O–H groups in total. The first-order valence-electron chi connectivity index (χ1n) is 9.48. The van der Waals surface area contributed by atoms with Gasteiger partial charge < -0.3 is 19.5 Å². The first-order valence-corrected chi connectivity index (χ1v) is 9.48. The number of anilines is 1. The van der Waals surface area contributed by atoms with Crippen LogP contribution in [0.5, 0.6) is 11.5 Å². The third kappa shape index (κ3) is 5.85. The summed E-state index contributed by atoms with van der Waals surface area (Å²) in [7, 11) is 1.58. The van der Waals surface area contributed by atoms with E-state index < -0.39 is 12.1 Å². The number of hydrogen-bond donors (Lipinski definition) is 1. The number of hydrogen-bond acceptors (Lipinski definition) is 5. The fraction of sp³-hybridized carbons (Fsp3) is 0.167. The zero-order valence-corrected chi connectivity index (χ0v) is 16.8. The molecule has 1 atom stereocenters. The van der Waals surface area contributed by atoms with Crippen molar-refractivity contribution in [1.29, 1.82) is 0 Å². The van der Waals surface area contributed by atoms with E-state index in [2.05, 4.69) is 5.32 Å². The molecule has 0 aliphatic carbocycles. The highest BCUT2D eigenvalue weighted by atomic mass is 16.6. The number of carbonyl (C=O) groups excluding carboxylic acids is 2. The molecule has 0 aliphatic heterocycles. The van der Waals surface area contributed by atoms with Gasteiger partial charge in [-0.3, -0.25) is 4.79 Å². The van der Waals surface area contributed by atoms with Crippen LogP contribution in [0.15, 0.2) is 78.9 Å². The number of para-hydroxylation sites is 1. The van der Waals surface area contributed by atoms with Gasteiger partial charge in [0.15, 0.2) is 6.10 Å². The second kappa shape index (κ2) is 10.1. The summed E-state index contributed by atoms with van der Waals surface area (Å²) in [5.41, 5.74) is 2.02. The molecule has 6 heteroatoms. The largest absolute Gasteiger partial charge is 0.497 e. The Bertz CT molecular complexity index is 969. The van der Waals surface area contributed by atoms with Crippen LogP contribution in [0.3, 0.4) is 0 Å². The SMILES string of the molecule is COc1ccc(OC(C)C(=O)OCc2ccc(C(=O)Nc3ccccc3)cc2)cc1. The van der Waals surface area contributed by atoms with Crippen molar-refractivity contribution in [2.45, 2.75) is 19.6 Å². The summed E-state index contributed by atoms with van der Waals surface area (Å²) in [6, 6.07) is 23.1. The molecule has 0 aromatic heterocycles. The summed E-state index contributed by atoms with van der Waals surface area (Å²) in [5, 5.41) is 2.82. The Kier molecular flexibility index (Phi) is 7.05. The average Bonchev–Trinajstić information content (AvgIpc) is 2.79. The molecule has 154 valence electrons. The van der Waals surface area contributed by atoms with Gasteiger partial charge in [-0.05, 0) is 61.0 Å². The number of esters is 1. The highest BCUT2D eigenvalue weighted by Gasteiger charge is 2.16. The van der Waals surface area contributed by atoms with Crippen LogP contribution in [-0.2, 0) is 16.1 Å². The minimum Gasteiger partial charge on any atom is -0.497 e. The Labute approximate surface area is 175 Å². The van der Waals surface area contributed by atoms with E-state index in [1.807, 2.05) is 30.3 Å². The van der Waals surface area contributed by atoms with Crippen molar-refractivity contribution in [1.82, 2.24) is 0 Å². The van der Waals surface area contributed by atoms with Crippen LogP contribution in [0.25, 0.3) is 0 Å². The van der Waals surface area contributed by atoms with E-state index in [0.29, 0.717) is 17.1 Å². The molecule has 3 aromatic rings. The fourth-order valence-electron chi connectivity index (χ4n) is 2.66. The Hall–Kier alpha value is -3.80. The van der Waals surface area contributed by atoms with Crippen molar-refractivity contribution in [3.05, 3.63) is 90.0 Å². The van der Waals surface area contributed by atoms with Crippen molar-refractivity contribution < 1.29 is 23.8 Å². The second-order valence-electron chi connectivity index (χ2n) is 6.56. The first-order chi connectivity index (χ1) is 14.5. The Morgan fingerprint density at radius 3 is 2.13 bits per heavy atom. The van der Waals surface area contributed by atoms with E-state index in [-0.39, 0.29) is 12.5 Å². The van der Waals surface area contributed by atoms with Crippen LogP contribution in [-0.4, -0.2) is 25.1 Å². The lowest BCUT2D eigenvalue weighted by atomic mass is 10.1. The molecule has 6 nitrogen and oxygen atoms in total. The van der Waals surface area contributed by atoms with E-state index >= 15 is 0 Å². The van der Waals surface area contributed by atoms with Gasteiger partial charge in [0.1, 0.15) is 18.1 Å². The number of carbonyl (C=O) groups is 2. The molecule has 1 unspecified atom stereocenters. The van der Waals surface area contributed by atoms with Crippen LogP contribution in [0.1, 0.15) is 22.8 Å². The zero-order valence-electron chi connectivity index (χ0n) is 16.8. The predicted molar refractivity (Wildman–Crippen MR) is 114 cm³/mol. The minimum atomic E-state index is -0.755. The molecule has 3 rings (SSSR count). The van der Waals surface area contributed by atoms with E-state index in [1.165, 1.54) is 0 Å². The molecular weight excluding hydrogens is 382 g/mol. The molecule has 0 saturated carbocycles. The molecule has 0 saturated heterocycles. The zero-order chi connectivity index (χ0) is 21.3. The molecule has 0 radical (unpaired) electrons. The van der Waals surface area contributed by atoms with Crippen molar-refractivity contribution in [3.8, 4) is 11.5 Å². The lowest BCUT2D eigenvalue weighted by Crippen LogP contribution is -2.26. The Morgan fingerprint density at radius 2 is 1.50 bits per heavy atom. The predicted octanol–water partition coefficient (Wildman–Crippen LogP) is 4.46. The van der Waals surface area contributed by atoms with Gasteiger partial charge >= 0.3 is 5.97 Å². The van der Waals surface area contributed by atoms with Crippen molar-refractivity contribution in [2.24, 2.45) is 0 Å². The molecule has 0 bridgehead atoms. The molecule has 1 amide bonds. The Balaban J connectivity index is 1.48. The van der Waals surface area contributed by atoms with Crippen LogP contribution in [0.4, 0.5) is 5.69 Å². The number of nitrogens with one attached hydrogen (secondary N) is 1. The van der Waals surface area contributed by atoms with Gasteiger partial charge in [-0.1, -0.05) is 30.3 Å². The Morgan fingerprint density at radius 1 is 0.867 bits per heavy atom. The lowest BCUT2D eigenvalue weighted by molar-refractivity contribution is -0.152. The summed E-state index contributed by atoms with van der Waals surface area (Å²) in [5.74, 6) is 0.579. The van der Waals surface area contributed by atoms with Crippen molar-refractivity contribution >= 4 is 17.6 Å². The van der Waals surface area contributed by atoms with E-state index in [9.17, 15) is 9.59 Å². The fourth-order valence-corrected chi connectivity index (χ4v) is 2.66. The summed E-state index contributed by atoms with van der Waals surface area (Å²) >= 11 is 0. The third-order valence-electron chi connectivity index (χ3n) is 4.33. The van der Waals surface area contributed by atoms with Crippen LogP contribution >= 0.6 is 0 Å². The quantitative estimate of drug-likeness (QED) is 0.560. The molecular formula is C24H23NO5. The first kappa shape index (κ1) is 20.9. The normalized spacial score (nSPS) is 11.3. The molecule has 30 heavy (non-hydrogen) atoms. The second-order valence-corrected chi connectivity index (χ2v) is 6.56. The van der Waals surface area contributed by atoms with Crippen molar-refractivity contribution in [2.75, 3.05) is 12.4 Å². The molecule has 0 heterocycles. The van der Waals surface area contributed by atoms with Gasteiger partial charge in [-0.15, -0.1) is 0 Å². The summed E-state index contributed by atoms with van der Waals surface area (Å²) in [4.78, 5) is 24.5. The van der Waals surface area contributed by atoms with Crippen molar-refractivity contribution in [3.63, 3.8) is 0 Å². The van der Waals surface area contributed by atoms with Gasteiger partial charge in [0.2, 0.25) is 0 Å². The van der Waals surface area contributed by atoms with Gasteiger partial charge in [-0.25, -0.2) is 4.79 Å². The number of ether oxygens (including phenoxy) is 3. The van der Waals surface area contributed by atoms with Gasteiger partial charge in [0.25, 0.3) is 5.91 Å². The number of amides is 1. The maximum atomic E-state index is 12.3. The summed E-state index contributed by atoms with van der Waals surface area (Å²) < 4.78 is 16.0. The highest BCUT2D eigenvalue weighted by Crippen LogP contribution is 2.18. The summed E-state index contributed by atoms with van der Waals surface area (Å²) in [6.07, 6.45) is -0.755.